The molecule has 5 N–H and O–H groups in total. The van der Waals surface area contributed by atoms with Gasteiger partial charge in [0.2, 0.25) is 5.91 Å². The van der Waals surface area contributed by atoms with Gasteiger partial charge in [-0.15, -0.1) is 0 Å². The summed E-state index contributed by atoms with van der Waals surface area (Å²) in [6.07, 6.45) is 5.04. The Kier molecular flexibility index (Phi) is 9.48. The second kappa shape index (κ2) is 13.8. The Morgan fingerprint density at radius 1 is 1.19 bits per heavy atom. The van der Waals surface area contributed by atoms with Crippen LogP contribution < -0.4 is 31.4 Å². The van der Waals surface area contributed by atoms with Gasteiger partial charge in [0.1, 0.15) is 30.3 Å². The number of nitrogens with two attached hydrogens (primary N) is 1. The minimum absolute atomic E-state index is 0.157. The van der Waals surface area contributed by atoms with E-state index in [9.17, 15) is 10.1 Å². The van der Waals surface area contributed by atoms with Gasteiger partial charge in [0.15, 0.2) is 0 Å². The molecule has 0 spiro atoms. The molecule has 0 radical (unpaired) electrons. The molecule has 214 valence electrons. The minimum atomic E-state index is -0.367. The number of ether oxygens (including phenoxy) is 3. The number of carbonyl (C=O) groups is 1. The molecule has 42 heavy (non-hydrogen) atoms. The van der Waals surface area contributed by atoms with Crippen molar-refractivity contribution < 1.29 is 19.0 Å². The summed E-state index contributed by atoms with van der Waals surface area (Å²) in [5, 5.41) is 17.1. The molecule has 1 aliphatic rings. The number of aromatic nitrogens is 1. The first-order valence-corrected chi connectivity index (χ1v) is 13.7. The Hall–Kier alpha value is -4.66. The first kappa shape index (κ1) is 28.9. The maximum atomic E-state index is 12.7. The van der Waals surface area contributed by atoms with E-state index in [0.29, 0.717) is 76.4 Å². The van der Waals surface area contributed by atoms with Gasteiger partial charge >= 0.3 is 0 Å². The second-order valence-electron chi connectivity index (χ2n) is 9.47. The topological polar surface area (TPSA) is 144 Å². The van der Waals surface area contributed by atoms with Gasteiger partial charge < -0.3 is 24.8 Å². The average Bonchev–Trinajstić information content (AvgIpc) is 3.51. The number of rotatable bonds is 11. The first-order valence-electron chi connectivity index (χ1n) is 13.3. The second-order valence-corrected chi connectivity index (χ2v) is 9.88. The fraction of sp³-hybridized carbons (Fsp3) is 0.194. The van der Waals surface area contributed by atoms with Crippen molar-refractivity contribution in [1.82, 2.24) is 10.4 Å². The third kappa shape index (κ3) is 7.15. The van der Waals surface area contributed by atoms with Gasteiger partial charge in [0, 0.05) is 42.4 Å². The SMILES string of the molecule is N#Cc1cnc2cc(OC3CCOC3)c(NC(=O)/C=C/CNN)cc2c1Nc1ccc(OCc2ccccc2)c(Cl)c1. The number of carbonyl (C=O) groups excluding carboxylic acids is 1. The molecular weight excluding hydrogens is 556 g/mol. The molecule has 1 unspecified atom stereocenters. The monoisotopic (exact) mass is 584 g/mol. The van der Waals surface area contributed by atoms with Crippen molar-refractivity contribution in [2.24, 2.45) is 5.84 Å². The number of amides is 1. The van der Waals surface area contributed by atoms with E-state index in [2.05, 4.69) is 27.1 Å². The van der Waals surface area contributed by atoms with Gasteiger partial charge in [-0.1, -0.05) is 48.0 Å². The highest BCUT2D eigenvalue weighted by Gasteiger charge is 2.21. The van der Waals surface area contributed by atoms with Crippen molar-refractivity contribution in [3.63, 3.8) is 0 Å². The number of benzene rings is 3. The van der Waals surface area contributed by atoms with Gasteiger partial charge in [0.25, 0.3) is 0 Å². The highest BCUT2D eigenvalue weighted by atomic mass is 35.5. The number of halogens is 1. The zero-order chi connectivity index (χ0) is 29.3. The number of hydrazine groups is 1. The van der Waals surface area contributed by atoms with E-state index in [1.165, 1.54) is 12.3 Å². The van der Waals surface area contributed by atoms with Crippen molar-refractivity contribution in [1.29, 1.82) is 5.26 Å². The van der Waals surface area contributed by atoms with Crippen molar-refractivity contribution in [2.75, 3.05) is 30.4 Å². The predicted molar refractivity (Wildman–Crippen MR) is 162 cm³/mol. The molecule has 1 atom stereocenters. The summed E-state index contributed by atoms with van der Waals surface area (Å²) in [7, 11) is 0. The molecule has 1 aromatic heterocycles. The van der Waals surface area contributed by atoms with Crippen LogP contribution in [0.4, 0.5) is 17.1 Å². The molecule has 2 heterocycles. The Balaban J connectivity index is 1.46. The van der Waals surface area contributed by atoms with E-state index in [1.54, 1.807) is 30.3 Å². The Bertz CT molecular complexity index is 1630. The number of anilines is 3. The zero-order valence-corrected chi connectivity index (χ0v) is 23.4. The molecule has 1 saturated heterocycles. The zero-order valence-electron chi connectivity index (χ0n) is 22.6. The quantitative estimate of drug-likeness (QED) is 0.106. The largest absolute Gasteiger partial charge is 0.487 e. The Morgan fingerprint density at radius 3 is 2.79 bits per heavy atom. The van der Waals surface area contributed by atoms with Crippen LogP contribution in [0.3, 0.4) is 0 Å². The molecule has 0 saturated carbocycles. The van der Waals surface area contributed by atoms with Crippen molar-refractivity contribution >= 4 is 45.5 Å². The van der Waals surface area contributed by atoms with Crippen LogP contribution in [0.2, 0.25) is 5.02 Å². The fourth-order valence-corrected chi connectivity index (χ4v) is 4.64. The lowest BCUT2D eigenvalue weighted by Gasteiger charge is -2.18. The average molecular weight is 585 g/mol. The molecule has 3 aromatic carbocycles. The standard InChI is InChI=1S/C31H29ClN6O4/c32-25-13-22(8-9-28(25)41-18-20-5-2-1-3-6-20)37-31-21(16-33)17-35-26-15-29(42-23-10-12-40-19-23)27(14-24(26)31)38-30(39)7-4-11-36-34/h1-9,13-15,17,23,36H,10-12,18-19,34H2,(H,35,37)(H,38,39)/b7-4+. The summed E-state index contributed by atoms with van der Waals surface area (Å²) in [5.41, 5.74) is 5.94. The van der Waals surface area contributed by atoms with E-state index in [0.717, 1.165) is 12.0 Å². The predicted octanol–water partition coefficient (Wildman–Crippen LogP) is 5.21. The van der Waals surface area contributed by atoms with Gasteiger partial charge in [-0.2, -0.15) is 5.26 Å². The highest BCUT2D eigenvalue weighted by molar-refractivity contribution is 6.32. The molecule has 4 aromatic rings. The smallest absolute Gasteiger partial charge is 0.248 e. The third-order valence-electron chi connectivity index (χ3n) is 6.47. The molecule has 0 aliphatic carbocycles. The van der Waals surface area contributed by atoms with Crippen LogP contribution in [0.5, 0.6) is 11.5 Å². The number of hydrogen-bond acceptors (Lipinski definition) is 9. The van der Waals surface area contributed by atoms with Gasteiger partial charge in [-0.05, 0) is 29.8 Å². The summed E-state index contributed by atoms with van der Waals surface area (Å²) < 4.78 is 17.5. The van der Waals surface area contributed by atoms with E-state index in [4.69, 9.17) is 31.7 Å². The van der Waals surface area contributed by atoms with E-state index >= 15 is 0 Å². The molecular formula is C31H29ClN6O4. The van der Waals surface area contributed by atoms with Crippen LogP contribution >= 0.6 is 11.6 Å². The lowest BCUT2D eigenvalue weighted by molar-refractivity contribution is -0.111. The minimum Gasteiger partial charge on any atom is -0.487 e. The van der Waals surface area contributed by atoms with Gasteiger partial charge in [-0.3, -0.25) is 21.0 Å². The normalized spacial score (nSPS) is 14.5. The molecule has 11 heteroatoms. The molecule has 10 nitrogen and oxygen atoms in total. The summed E-state index contributed by atoms with van der Waals surface area (Å²) in [6.45, 7) is 1.76. The lowest BCUT2D eigenvalue weighted by Crippen LogP contribution is -2.22. The molecule has 1 aliphatic heterocycles. The maximum Gasteiger partial charge on any atom is 0.248 e. The number of fused-ring (bicyclic) bond motifs is 1. The van der Waals surface area contributed by atoms with Crippen LogP contribution in [-0.2, 0) is 16.1 Å². The fourth-order valence-electron chi connectivity index (χ4n) is 4.40. The van der Waals surface area contributed by atoms with Crippen LogP contribution in [-0.4, -0.2) is 36.8 Å². The van der Waals surface area contributed by atoms with E-state index < -0.39 is 0 Å². The van der Waals surface area contributed by atoms with Crippen molar-refractivity contribution in [2.45, 2.75) is 19.1 Å². The number of hydrogen-bond donors (Lipinski definition) is 4. The van der Waals surface area contributed by atoms with Gasteiger partial charge in [0.05, 0.1) is 40.7 Å². The number of nitrogens with zero attached hydrogens (tertiary/aromatic N) is 2. The van der Waals surface area contributed by atoms with Crippen molar-refractivity contribution in [3.8, 4) is 17.6 Å². The molecule has 0 bridgehead atoms. The highest BCUT2D eigenvalue weighted by Crippen LogP contribution is 2.38. The van der Waals surface area contributed by atoms with E-state index in [1.807, 2.05) is 36.4 Å². The number of nitriles is 1. The van der Waals surface area contributed by atoms with Crippen molar-refractivity contribution in [3.05, 3.63) is 95.2 Å². The third-order valence-corrected chi connectivity index (χ3v) is 6.77. The lowest BCUT2D eigenvalue weighted by atomic mass is 10.1. The summed E-state index contributed by atoms with van der Waals surface area (Å²) in [4.78, 5) is 17.2. The van der Waals surface area contributed by atoms with Crippen LogP contribution in [0.25, 0.3) is 10.9 Å². The maximum absolute atomic E-state index is 12.7. The molecule has 1 fully saturated rings. The van der Waals surface area contributed by atoms with E-state index in [-0.39, 0.29) is 12.0 Å². The Morgan fingerprint density at radius 2 is 2.05 bits per heavy atom. The number of nitrogens with one attached hydrogen (secondary N) is 3. The van der Waals surface area contributed by atoms with Gasteiger partial charge in [-0.25, -0.2) is 0 Å². The number of pyridine rings is 1. The summed E-state index contributed by atoms with van der Waals surface area (Å²) in [6, 6.07) is 20.8. The van der Waals surface area contributed by atoms with Crippen LogP contribution in [0.15, 0.2) is 79.0 Å². The molecule has 1 amide bonds. The summed E-state index contributed by atoms with van der Waals surface area (Å²) >= 11 is 6.55. The first-order chi connectivity index (χ1) is 20.5. The summed E-state index contributed by atoms with van der Waals surface area (Å²) in [5.74, 6) is 5.90. The Labute approximate surface area is 248 Å². The van der Waals surface area contributed by atoms with Crippen LogP contribution in [0.1, 0.15) is 17.5 Å². The van der Waals surface area contributed by atoms with Crippen LogP contribution in [0, 0.1) is 11.3 Å². The molecule has 5 rings (SSSR count).